The number of aliphatic carboxylic acids is 1. The van der Waals surface area contributed by atoms with Crippen molar-refractivity contribution in [2.75, 3.05) is 0 Å². The average molecular weight is 274 g/mol. The third-order valence-electron chi connectivity index (χ3n) is 3.58. The summed E-state index contributed by atoms with van der Waals surface area (Å²) in [5, 5.41) is 12.5. The van der Waals surface area contributed by atoms with Crippen molar-refractivity contribution in [3.8, 4) is 0 Å². The fourth-order valence-electron chi connectivity index (χ4n) is 2.18. The Morgan fingerprint density at radius 3 is 2.65 bits per heavy atom. The van der Waals surface area contributed by atoms with Gasteiger partial charge in [0.2, 0.25) is 0 Å². The van der Waals surface area contributed by atoms with Gasteiger partial charge in [-0.25, -0.2) is 4.79 Å². The topological polar surface area (TPSA) is 82.2 Å². The third kappa shape index (κ3) is 2.52. The molecule has 5 heteroatoms. The molecule has 2 aromatic rings. The van der Waals surface area contributed by atoms with Gasteiger partial charge in [0.1, 0.15) is 6.04 Å². The number of aromatic nitrogens is 1. The minimum atomic E-state index is -1.02. The Morgan fingerprint density at radius 2 is 2.05 bits per heavy atom. The molecule has 1 aromatic carbocycles. The van der Waals surface area contributed by atoms with Gasteiger partial charge in [0.15, 0.2) is 0 Å². The van der Waals surface area contributed by atoms with E-state index < -0.39 is 12.0 Å². The van der Waals surface area contributed by atoms with Gasteiger partial charge in [0.05, 0.1) is 0 Å². The van der Waals surface area contributed by atoms with Crippen molar-refractivity contribution in [1.82, 2.24) is 10.3 Å². The van der Waals surface area contributed by atoms with Gasteiger partial charge in [-0.1, -0.05) is 6.92 Å². The fraction of sp³-hybridized carbons (Fsp3) is 0.333. The number of hydrogen-bond donors (Lipinski definition) is 3. The fourth-order valence-corrected chi connectivity index (χ4v) is 2.18. The normalized spacial score (nSPS) is 12.3. The van der Waals surface area contributed by atoms with Crippen molar-refractivity contribution in [2.45, 2.75) is 33.2 Å². The zero-order valence-corrected chi connectivity index (χ0v) is 11.8. The van der Waals surface area contributed by atoms with E-state index in [1.54, 1.807) is 19.1 Å². The first kappa shape index (κ1) is 14.1. The molecule has 0 aliphatic carbocycles. The number of carbonyl (C=O) groups excluding carboxylic acids is 1. The second-order valence-electron chi connectivity index (χ2n) is 4.91. The molecule has 0 saturated heterocycles. The van der Waals surface area contributed by atoms with Gasteiger partial charge in [-0.15, -0.1) is 0 Å². The number of carbonyl (C=O) groups is 2. The highest BCUT2D eigenvalue weighted by Gasteiger charge is 2.19. The number of amides is 1. The first-order valence-corrected chi connectivity index (χ1v) is 6.56. The first-order chi connectivity index (χ1) is 9.43. The van der Waals surface area contributed by atoms with Gasteiger partial charge in [-0.05, 0) is 44.0 Å². The van der Waals surface area contributed by atoms with Crippen LogP contribution in [0.5, 0.6) is 0 Å². The van der Waals surface area contributed by atoms with Crippen molar-refractivity contribution in [2.24, 2.45) is 0 Å². The average Bonchev–Trinajstić information content (AvgIpc) is 2.70. The number of H-pyrrole nitrogens is 1. The Kier molecular flexibility index (Phi) is 3.79. The second kappa shape index (κ2) is 5.36. The van der Waals surface area contributed by atoms with E-state index in [1.165, 1.54) is 0 Å². The van der Waals surface area contributed by atoms with Gasteiger partial charge < -0.3 is 15.4 Å². The predicted octanol–water partition coefficient (Wildman–Crippen LogP) is 2.38. The Labute approximate surface area is 117 Å². The van der Waals surface area contributed by atoms with E-state index in [9.17, 15) is 9.59 Å². The van der Waals surface area contributed by atoms with Crippen LogP contribution in [0, 0.1) is 13.8 Å². The summed E-state index contributed by atoms with van der Waals surface area (Å²) >= 11 is 0. The SMILES string of the molecule is CC[C@@H](NC(=O)c1ccc2[nH]c(C)c(C)c2c1)C(=O)O. The van der Waals surface area contributed by atoms with Gasteiger partial charge in [0, 0.05) is 22.2 Å². The van der Waals surface area contributed by atoms with E-state index in [0.29, 0.717) is 12.0 Å². The van der Waals surface area contributed by atoms with Crippen LogP contribution in [0.15, 0.2) is 18.2 Å². The van der Waals surface area contributed by atoms with Crippen molar-refractivity contribution < 1.29 is 14.7 Å². The quantitative estimate of drug-likeness (QED) is 0.800. The standard InChI is InChI=1S/C15H18N2O3/c1-4-12(15(19)20)17-14(18)10-5-6-13-11(7-10)8(2)9(3)16-13/h5-7,12,16H,4H2,1-3H3,(H,17,18)(H,19,20)/t12-/m1/s1. The molecule has 0 spiro atoms. The molecule has 106 valence electrons. The summed E-state index contributed by atoms with van der Waals surface area (Å²) in [7, 11) is 0. The maximum absolute atomic E-state index is 12.1. The van der Waals surface area contributed by atoms with E-state index in [0.717, 1.165) is 22.2 Å². The molecule has 0 radical (unpaired) electrons. The minimum Gasteiger partial charge on any atom is -0.480 e. The van der Waals surface area contributed by atoms with Crippen molar-refractivity contribution in [1.29, 1.82) is 0 Å². The van der Waals surface area contributed by atoms with E-state index >= 15 is 0 Å². The predicted molar refractivity (Wildman–Crippen MR) is 77.0 cm³/mol. The molecule has 0 saturated carbocycles. The minimum absolute atomic E-state index is 0.353. The van der Waals surface area contributed by atoms with Crippen LogP contribution in [0.4, 0.5) is 0 Å². The lowest BCUT2D eigenvalue weighted by atomic mass is 10.1. The number of benzene rings is 1. The van der Waals surface area contributed by atoms with Crippen LogP contribution in [-0.4, -0.2) is 28.0 Å². The summed E-state index contributed by atoms with van der Waals surface area (Å²) < 4.78 is 0. The molecule has 0 unspecified atom stereocenters. The van der Waals surface area contributed by atoms with E-state index in [4.69, 9.17) is 5.11 Å². The summed E-state index contributed by atoms with van der Waals surface area (Å²) in [6.45, 7) is 5.69. The Morgan fingerprint density at radius 1 is 1.35 bits per heavy atom. The monoisotopic (exact) mass is 274 g/mol. The van der Waals surface area contributed by atoms with E-state index in [-0.39, 0.29) is 5.91 Å². The van der Waals surface area contributed by atoms with Gasteiger partial charge >= 0.3 is 5.97 Å². The smallest absolute Gasteiger partial charge is 0.326 e. The molecule has 1 heterocycles. The molecule has 2 rings (SSSR count). The molecule has 0 aliphatic heterocycles. The third-order valence-corrected chi connectivity index (χ3v) is 3.58. The largest absolute Gasteiger partial charge is 0.480 e. The van der Waals surface area contributed by atoms with Crippen LogP contribution < -0.4 is 5.32 Å². The lowest BCUT2D eigenvalue weighted by Gasteiger charge is -2.12. The Hall–Kier alpha value is -2.30. The molecule has 1 atom stereocenters. The maximum atomic E-state index is 12.1. The lowest BCUT2D eigenvalue weighted by molar-refractivity contribution is -0.139. The van der Waals surface area contributed by atoms with Crippen LogP contribution in [-0.2, 0) is 4.79 Å². The molecule has 0 bridgehead atoms. The number of fused-ring (bicyclic) bond motifs is 1. The van der Waals surface area contributed by atoms with Crippen LogP contribution in [0.25, 0.3) is 10.9 Å². The van der Waals surface area contributed by atoms with Crippen molar-refractivity contribution >= 4 is 22.8 Å². The highest BCUT2D eigenvalue weighted by molar-refractivity contribution is 6.00. The molecular formula is C15H18N2O3. The van der Waals surface area contributed by atoms with Gasteiger partial charge in [-0.2, -0.15) is 0 Å². The van der Waals surface area contributed by atoms with Crippen molar-refractivity contribution in [3.63, 3.8) is 0 Å². The van der Waals surface area contributed by atoms with Crippen LogP contribution >= 0.6 is 0 Å². The van der Waals surface area contributed by atoms with Crippen molar-refractivity contribution in [3.05, 3.63) is 35.0 Å². The van der Waals surface area contributed by atoms with Crippen LogP contribution in [0.1, 0.15) is 35.0 Å². The zero-order valence-electron chi connectivity index (χ0n) is 11.8. The summed E-state index contributed by atoms with van der Waals surface area (Å²) in [6, 6.07) is 4.47. The summed E-state index contributed by atoms with van der Waals surface area (Å²) in [6.07, 6.45) is 0.353. The molecule has 20 heavy (non-hydrogen) atoms. The number of nitrogens with one attached hydrogen (secondary N) is 2. The van der Waals surface area contributed by atoms with Gasteiger partial charge in [-0.3, -0.25) is 4.79 Å². The van der Waals surface area contributed by atoms with Crippen LogP contribution in [0.3, 0.4) is 0 Å². The van der Waals surface area contributed by atoms with Gasteiger partial charge in [0.25, 0.3) is 5.91 Å². The van der Waals surface area contributed by atoms with E-state index in [1.807, 2.05) is 19.9 Å². The Bertz CT molecular complexity index is 673. The van der Waals surface area contributed by atoms with Crippen LogP contribution in [0.2, 0.25) is 0 Å². The number of carboxylic acids is 1. The summed E-state index contributed by atoms with van der Waals surface area (Å²) in [4.78, 5) is 26.3. The highest BCUT2D eigenvalue weighted by Crippen LogP contribution is 2.22. The molecule has 5 nitrogen and oxygen atoms in total. The van der Waals surface area contributed by atoms with E-state index in [2.05, 4.69) is 10.3 Å². The molecule has 0 fully saturated rings. The number of carboxylic acid groups (broad SMARTS) is 1. The molecule has 3 N–H and O–H groups in total. The maximum Gasteiger partial charge on any atom is 0.326 e. The molecular weight excluding hydrogens is 256 g/mol. The highest BCUT2D eigenvalue weighted by atomic mass is 16.4. The first-order valence-electron chi connectivity index (χ1n) is 6.56. The Balaban J connectivity index is 2.30. The molecule has 0 aliphatic rings. The number of aromatic amines is 1. The number of hydrogen-bond acceptors (Lipinski definition) is 2. The number of aryl methyl sites for hydroxylation is 2. The molecule has 1 aromatic heterocycles. The number of rotatable bonds is 4. The molecule has 1 amide bonds. The second-order valence-corrected chi connectivity index (χ2v) is 4.91. The zero-order chi connectivity index (χ0) is 14.9. The summed E-state index contributed by atoms with van der Waals surface area (Å²) in [5.41, 5.74) is 3.61. The lowest BCUT2D eigenvalue weighted by Crippen LogP contribution is -2.40. The summed E-state index contributed by atoms with van der Waals surface area (Å²) in [5.74, 6) is -1.38.